The van der Waals surface area contributed by atoms with Crippen molar-refractivity contribution >= 4 is 116 Å². The van der Waals surface area contributed by atoms with Gasteiger partial charge in [0.25, 0.3) is 23.6 Å². The Morgan fingerprint density at radius 2 is 0.871 bits per heavy atom. The molecule has 2 atom stereocenters. The van der Waals surface area contributed by atoms with Gasteiger partial charge in [-0.3, -0.25) is 28.8 Å². The second-order valence-electron chi connectivity index (χ2n) is 14.9. The third kappa shape index (κ3) is 13.3. The molecule has 0 aliphatic carbocycles. The summed E-state index contributed by atoms with van der Waals surface area (Å²) in [5, 5.41) is 24.0. The van der Waals surface area contributed by atoms with Crippen molar-refractivity contribution in [1.29, 1.82) is 0 Å². The van der Waals surface area contributed by atoms with E-state index in [1.54, 1.807) is 13.8 Å². The van der Waals surface area contributed by atoms with Crippen LogP contribution in [-0.2, 0) is 44.4 Å². The molecule has 5 aromatic carbocycles. The number of azo groups is 2. The summed E-state index contributed by atoms with van der Waals surface area (Å²) in [7, 11) is 0. The van der Waals surface area contributed by atoms with Crippen LogP contribution in [0.15, 0.2) is 105 Å². The molecule has 0 spiro atoms. The van der Waals surface area contributed by atoms with Gasteiger partial charge in [-0.05, 0) is 111 Å². The van der Waals surface area contributed by atoms with Crippen molar-refractivity contribution < 1.29 is 55.1 Å². The minimum atomic E-state index is -4.86. The van der Waals surface area contributed by atoms with E-state index in [1.165, 1.54) is 48.5 Å². The molecule has 366 valence electrons. The molecule has 0 radical (unpaired) electrons. The van der Waals surface area contributed by atoms with Crippen LogP contribution in [0.3, 0.4) is 0 Å². The number of nitrogens with one attached hydrogen (secondary N) is 4. The summed E-state index contributed by atoms with van der Waals surface area (Å²) < 4.78 is 81.9. The molecule has 24 heteroatoms. The first kappa shape index (κ1) is 54.2. The number of Topliss-reactive ketones (excluding diaryl/α,β-unsaturated/α-hetero) is 2. The fourth-order valence-corrected chi connectivity index (χ4v) is 7.27. The molecule has 4 N–H and O–H groups in total. The number of rotatable bonds is 16. The number of nitrogens with zero attached hydrogens (tertiary/aromatic N) is 4. The molecule has 0 heterocycles. The zero-order valence-electron chi connectivity index (χ0n) is 36.7. The highest BCUT2D eigenvalue weighted by molar-refractivity contribution is 6.37. The first-order valence-electron chi connectivity index (χ1n) is 20.4. The largest absolute Gasteiger partial charge is 0.418 e. The van der Waals surface area contributed by atoms with Gasteiger partial charge < -0.3 is 21.3 Å². The molecule has 70 heavy (non-hydrogen) atoms. The van der Waals surface area contributed by atoms with Gasteiger partial charge in [0.1, 0.15) is 11.4 Å². The van der Waals surface area contributed by atoms with E-state index in [0.717, 1.165) is 38.1 Å². The molecule has 2 unspecified atom stereocenters. The number of carbonyl (C=O) groups excluding carboxylic acids is 6. The average molecular weight is 1050 g/mol. The van der Waals surface area contributed by atoms with E-state index in [0.29, 0.717) is 23.3 Å². The quantitative estimate of drug-likeness (QED) is 0.0430. The van der Waals surface area contributed by atoms with E-state index in [1.807, 2.05) is 0 Å². The molecule has 0 saturated heterocycles. The number of benzene rings is 5. The Morgan fingerprint density at radius 1 is 0.514 bits per heavy atom. The Balaban J connectivity index is 1.32. The number of hydrogen-bond donors (Lipinski definition) is 4. The lowest BCUT2D eigenvalue weighted by molar-refractivity contribution is -0.137. The van der Waals surface area contributed by atoms with Crippen LogP contribution in [0.4, 0.5) is 60.5 Å². The summed E-state index contributed by atoms with van der Waals surface area (Å²) in [6, 6.07) is 12.6. The van der Waals surface area contributed by atoms with Gasteiger partial charge in [0.15, 0.2) is 11.6 Å². The van der Waals surface area contributed by atoms with Crippen LogP contribution in [0.2, 0.25) is 20.1 Å². The van der Waals surface area contributed by atoms with Crippen LogP contribution in [-0.4, -0.2) is 47.3 Å². The van der Waals surface area contributed by atoms with Crippen molar-refractivity contribution in [1.82, 2.24) is 0 Å². The van der Waals surface area contributed by atoms with Gasteiger partial charge in [-0.15, -0.1) is 0 Å². The highest BCUT2D eigenvalue weighted by Gasteiger charge is 2.36. The van der Waals surface area contributed by atoms with Crippen LogP contribution in [0.1, 0.15) is 70.7 Å². The van der Waals surface area contributed by atoms with Gasteiger partial charge in [-0.1, -0.05) is 72.4 Å². The molecule has 0 saturated carbocycles. The lowest BCUT2D eigenvalue weighted by Crippen LogP contribution is -2.33. The molecular weight excluding hydrogens is 1020 g/mol. The maximum Gasteiger partial charge on any atom is 0.418 e. The Labute approximate surface area is 414 Å². The molecule has 5 rings (SSSR count). The molecule has 0 bridgehead atoms. The van der Waals surface area contributed by atoms with Crippen molar-refractivity contribution in [3.8, 4) is 0 Å². The number of aryl methyl sites for hydroxylation is 2. The fourth-order valence-electron chi connectivity index (χ4n) is 6.43. The summed E-state index contributed by atoms with van der Waals surface area (Å²) in [6.07, 6.45) is -9.21. The van der Waals surface area contributed by atoms with Crippen molar-refractivity contribution in [2.24, 2.45) is 20.5 Å². The van der Waals surface area contributed by atoms with Crippen LogP contribution < -0.4 is 21.3 Å². The van der Waals surface area contributed by atoms with Gasteiger partial charge in [0.05, 0.1) is 43.7 Å². The summed E-state index contributed by atoms with van der Waals surface area (Å²) in [5.74, 6) is -5.48. The van der Waals surface area contributed by atoms with Gasteiger partial charge in [0.2, 0.25) is 12.1 Å². The molecular formula is C46H36Cl4F6N8O6. The third-order valence-electron chi connectivity index (χ3n) is 9.95. The Bertz CT molecular complexity index is 2770. The number of amides is 4. The van der Waals surface area contributed by atoms with E-state index < -0.39 is 82.1 Å². The predicted octanol–water partition coefficient (Wildman–Crippen LogP) is 13.3. The minimum absolute atomic E-state index is 0.202. The van der Waals surface area contributed by atoms with Crippen LogP contribution in [0, 0.1) is 0 Å². The highest BCUT2D eigenvalue weighted by atomic mass is 35.5. The molecule has 0 fully saturated rings. The zero-order chi connectivity index (χ0) is 51.8. The van der Waals surface area contributed by atoms with Crippen LogP contribution in [0.25, 0.3) is 0 Å². The number of halogens is 10. The van der Waals surface area contributed by atoms with Crippen molar-refractivity contribution in [3.63, 3.8) is 0 Å². The smallest absolute Gasteiger partial charge is 0.323 e. The third-order valence-corrected chi connectivity index (χ3v) is 11.2. The fraction of sp³-hybridized carbons (Fsp3) is 0.217. The SMILES string of the molecule is CCc1cc(NC(=O)C(N=Nc2cccc(C(=O)Nc3ccc(Cl)cc3C(F)(F)F)c2Cl)C(C)=O)c(CC)cc1NC(=O)C(N=Nc1cccc(C(=O)Nc2ccc(Cl)cc2C(F)(F)F)c1Cl)C(C)=O. The standard InChI is InChI=1S/C46H36Cl4F6N8O6/c1-5-23-17-36(60-44(70)40(22(4)66)64-62-34-12-8-10-28(38(34)50)42(68)58-32-16-14-26(48)20-30(32)46(54,55)56)24(6-2)18-35(23)59-43(69)39(21(3)65)63-61-33-11-7-9-27(37(33)49)41(67)57-31-15-13-25(47)19-29(31)45(51,52)53/h7-20,39-40H,5-6H2,1-4H3,(H,57,67)(H,58,68)(H,59,69)(H,60,70). The van der Waals surface area contributed by atoms with E-state index in [2.05, 4.69) is 41.7 Å². The lowest BCUT2D eigenvalue weighted by Gasteiger charge is -2.18. The number of hydrogen-bond acceptors (Lipinski definition) is 10. The Hall–Kier alpha value is -6.74. The van der Waals surface area contributed by atoms with E-state index in [9.17, 15) is 55.1 Å². The maximum absolute atomic E-state index is 13.7. The topological polar surface area (TPSA) is 200 Å². The number of ketones is 2. The number of alkyl halides is 6. The first-order valence-corrected chi connectivity index (χ1v) is 21.9. The van der Waals surface area contributed by atoms with Crippen molar-refractivity contribution in [2.75, 3.05) is 21.3 Å². The molecule has 14 nitrogen and oxygen atoms in total. The van der Waals surface area contributed by atoms with Crippen molar-refractivity contribution in [3.05, 3.63) is 138 Å². The maximum atomic E-state index is 13.7. The van der Waals surface area contributed by atoms with Crippen molar-refractivity contribution in [2.45, 2.75) is 65.0 Å². The predicted molar refractivity (Wildman–Crippen MR) is 252 cm³/mol. The van der Waals surface area contributed by atoms with Crippen LogP contribution >= 0.6 is 46.4 Å². The van der Waals surface area contributed by atoms with E-state index >= 15 is 0 Å². The lowest BCUT2D eigenvalue weighted by atomic mass is 10.0. The number of anilines is 4. The van der Waals surface area contributed by atoms with Gasteiger partial charge in [0, 0.05) is 21.4 Å². The second-order valence-corrected chi connectivity index (χ2v) is 16.5. The first-order chi connectivity index (χ1) is 32.8. The molecule has 0 aliphatic heterocycles. The number of carbonyl (C=O) groups is 6. The molecule has 0 aromatic heterocycles. The minimum Gasteiger partial charge on any atom is -0.323 e. The monoisotopic (exact) mass is 1050 g/mol. The van der Waals surface area contributed by atoms with Gasteiger partial charge >= 0.3 is 12.4 Å². The molecule has 4 amide bonds. The molecule has 0 aliphatic rings. The average Bonchev–Trinajstić information content (AvgIpc) is 3.28. The summed E-state index contributed by atoms with van der Waals surface area (Å²) >= 11 is 24.3. The summed E-state index contributed by atoms with van der Waals surface area (Å²) in [5.41, 5.74) is -3.31. The zero-order valence-corrected chi connectivity index (χ0v) is 39.7. The van der Waals surface area contributed by atoms with Gasteiger partial charge in [-0.2, -0.15) is 46.8 Å². The highest BCUT2D eigenvalue weighted by Crippen LogP contribution is 2.39. The van der Waals surface area contributed by atoms with E-state index in [-0.39, 0.29) is 66.8 Å². The Morgan fingerprint density at radius 3 is 1.19 bits per heavy atom. The second kappa shape index (κ2) is 22.8. The summed E-state index contributed by atoms with van der Waals surface area (Å²) in [4.78, 5) is 78.8. The van der Waals surface area contributed by atoms with E-state index in [4.69, 9.17) is 46.4 Å². The van der Waals surface area contributed by atoms with Crippen LogP contribution in [0.5, 0.6) is 0 Å². The van der Waals surface area contributed by atoms with Gasteiger partial charge in [-0.25, -0.2) is 0 Å². The molecule has 5 aromatic rings. The summed E-state index contributed by atoms with van der Waals surface area (Å²) in [6.45, 7) is 5.59. The normalized spacial score (nSPS) is 12.7. The Kier molecular flexibility index (Phi) is 17.6.